The number of nitrogens with zero attached hydrogens (tertiary/aromatic N) is 1. The lowest BCUT2D eigenvalue weighted by molar-refractivity contribution is -0.143. The van der Waals surface area contributed by atoms with Crippen molar-refractivity contribution < 1.29 is 35.9 Å². The van der Waals surface area contributed by atoms with Crippen molar-refractivity contribution in [2.45, 2.75) is 48.6 Å². The molecule has 3 rings (SSSR count). The van der Waals surface area contributed by atoms with E-state index in [1.54, 1.807) is 0 Å². The van der Waals surface area contributed by atoms with Gasteiger partial charge in [-0.2, -0.15) is 26.3 Å². The van der Waals surface area contributed by atoms with E-state index in [-0.39, 0.29) is 23.6 Å². The Kier molecular flexibility index (Phi) is 6.93. The number of nitrogens with one attached hydrogen (secondary N) is 1. The van der Waals surface area contributed by atoms with E-state index in [0.29, 0.717) is 30.9 Å². The zero-order valence-electron chi connectivity index (χ0n) is 16.2. The first-order chi connectivity index (χ1) is 14.0. The molecular weight excluding hydrogens is 434 g/mol. The topological polar surface area (TPSA) is 41.6 Å². The second kappa shape index (κ2) is 8.96. The van der Waals surface area contributed by atoms with Gasteiger partial charge in [-0.05, 0) is 50.7 Å². The van der Waals surface area contributed by atoms with Crippen molar-refractivity contribution in [2.75, 3.05) is 32.6 Å². The third kappa shape index (κ3) is 5.05. The number of carbonyl (C=O) groups is 1. The molecule has 2 heterocycles. The molecule has 4 nitrogen and oxygen atoms in total. The van der Waals surface area contributed by atoms with Crippen LogP contribution in [-0.2, 0) is 17.1 Å². The number of benzene rings is 1. The van der Waals surface area contributed by atoms with Crippen LogP contribution in [0, 0.1) is 0 Å². The Morgan fingerprint density at radius 1 is 1.13 bits per heavy atom. The lowest BCUT2D eigenvalue weighted by Crippen LogP contribution is -2.56. The van der Waals surface area contributed by atoms with Crippen LogP contribution in [0.1, 0.15) is 40.7 Å². The Labute approximate surface area is 174 Å². The van der Waals surface area contributed by atoms with Gasteiger partial charge in [0.05, 0.1) is 29.3 Å². The van der Waals surface area contributed by atoms with E-state index in [2.05, 4.69) is 10.2 Å². The standard InChI is InChI=1S/C19H22F6N2O2S/c1-30-15-9-11(18(20,21)22)8-12(19(23,24)25)16(15)17(28)26-13-10-29-7-4-14(13)27-5-2-3-6-27/h8-9,13-14H,2-7,10H2,1H3,(H,26,28)/t13?,14-/m0/s1. The third-order valence-electron chi connectivity index (χ3n) is 5.43. The monoisotopic (exact) mass is 456 g/mol. The summed E-state index contributed by atoms with van der Waals surface area (Å²) in [6, 6.07) is -0.0252. The molecule has 1 aromatic carbocycles. The Bertz CT molecular complexity index is 778. The number of halogens is 6. The zero-order valence-corrected chi connectivity index (χ0v) is 17.0. The molecule has 2 atom stereocenters. The predicted molar refractivity (Wildman–Crippen MR) is 99.5 cm³/mol. The minimum Gasteiger partial charge on any atom is -0.379 e. The predicted octanol–water partition coefficient (Wildman–Crippen LogP) is 4.43. The Balaban J connectivity index is 1.95. The Hall–Kier alpha value is -1.46. The summed E-state index contributed by atoms with van der Waals surface area (Å²) in [5.41, 5.74) is -3.81. The molecule has 11 heteroatoms. The molecule has 0 aromatic heterocycles. The molecule has 2 saturated heterocycles. The first-order valence-electron chi connectivity index (χ1n) is 9.51. The van der Waals surface area contributed by atoms with Gasteiger partial charge in [0.2, 0.25) is 0 Å². The second-order valence-corrected chi connectivity index (χ2v) is 8.20. The third-order valence-corrected chi connectivity index (χ3v) is 6.19. The smallest absolute Gasteiger partial charge is 0.379 e. The summed E-state index contributed by atoms with van der Waals surface area (Å²) in [6.45, 7) is 2.30. The SMILES string of the molecule is CSc1cc(C(F)(F)F)cc(C(F)(F)F)c1C(=O)NC1COCC[C@@H]1N1CCCC1. The van der Waals surface area contributed by atoms with Gasteiger partial charge in [-0.25, -0.2) is 0 Å². The van der Waals surface area contributed by atoms with Crippen LogP contribution >= 0.6 is 11.8 Å². The molecule has 1 N–H and O–H groups in total. The lowest BCUT2D eigenvalue weighted by atomic mass is 9.99. The molecule has 0 aliphatic carbocycles. The highest BCUT2D eigenvalue weighted by Gasteiger charge is 2.42. The molecule has 168 valence electrons. The van der Waals surface area contributed by atoms with E-state index in [0.717, 1.165) is 25.9 Å². The first-order valence-corrected chi connectivity index (χ1v) is 10.7. The molecule has 0 saturated carbocycles. The van der Waals surface area contributed by atoms with Crippen molar-refractivity contribution in [3.8, 4) is 0 Å². The summed E-state index contributed by atoms with van der Waals surface area (Å²) in [4.78, 5) is 14.7. The normalized spacial score (nSPS) is 23.6. The summed E-state index contributed by atoms with van der Waals surface area (Å²) < 4.78 is 85.5. The van der Waals surface area contributed by atoms with Gasteiger partial charge in [0, 0.05) is 17.5 Å². The van der Waals surface area contributed by atoms with Gasteiger partial charge in [-0.3, -0.25) is 9.69 Å². The second-order valence-electron chi connectivity index (χ2n) is 7.35. The van der Waals surface area contributed by atoms with Crippen molar-refractivity contribution >= 4 is 17.7 Å². The molecule has 2 fully saturated rings. The van der Waals surface area contributed by atoms with E-state index in [1.807, 2.05) is 0 Å². The van der Waals surface area contributed by atoms with Crippen LogP contribution in [0.5, 0.6) is 0 Å². The molecule has 2 aliphatic rings. The van der Waals surface area contributed by atoms with Gasteiger partial charge in [-0.15, -0.1) is 11.8 Å². The van der Waals surface area contributed by atoms with Gasteiger partial charge in [0.1, 0.15) is 0 Å². The highest BCUT2D eigenvalue weighted by Crippen LogP contribution is 2.41. The van der Waals surface area contributed by atoms with Crippen LogP contribution < -0.4 is 5.32 Å². The highest BCUT2D eigenvalue weighted by atomic mass is 32.2. The average Bonchev–Trinajstić information content (AvgIpc) is 3.20. The van der Waals surface area contributed by atoms with E-state index in [9.17, 15) is 31.1 Å². The number of hydrogen-bond acceptors (Lipinski definition) is 4. The van der Waals surface area contributed by atoms with Gasteiger partial charge in [-0.1, -0.05) is 0 Å². The molecule has 30 heavy (non-hydrogen) atoms. The number of thioether (sulfide) groups is 1. The molecule has 0 radical (unpaired) electrons. The molecule has 2 aliphatic heterocycles. The number of hydrogen-bond donors (Lipinski definition) is 1. The van der Waals surface area contributed by atoms with Crippen molar-refractivity contribution in [1.82, 2.24) is 10.2 Å². The molecule has 1 aromatic rings. The van der Waals surface area contributed by atoms with Crippen LogP contribution in [0.4, 0.5) is 26.3 Å². The van der Waals surface area contributed by atoms with Crippen LogP contribution in [0.25, 0.3) is 0 Å². The largest absolute Gasteiger partial charge is 0.417 e. The van der Waals surface area contributed by atoms with Gasteiger partial charge < -0.3 is 10.1 Å². The van der Waals surface area contributed by atoms with Crippen LogP contribution in [-0.4, -0.2) is 55.4 Å². The molecule has 1 unspecified atom stereocenters. The number of alkyl halides is 6. The van der Waals surface area contributed by atoms with Crippen molar-refractivity contribution in [1.29, 1.82) is 0 Å². The number of ether oxygens (including phenoxy) is 1. The Morgan fingerprint density at radius 2 is 1.80 bits per heavy atom. The van der Waals surface area contributed by atoms with E-state index in [4.69, 9.17) is 4.74 Å². The maximum Gasteiger partial charge on any atom is 0.417 e. The number of amides is 1. The van der Waals surface area contributed by atoms with Gasteiger partial charge in [0.15, 0.2) is 0 Å². The summed E-state index contributed by atoms with van der Waals surface area (Å²) in [6.07, 6.45) is -6.10. The number of rotatable bonds is 4. The van der Waals surface area contributed by atoms with Crippen molar-refractivity contribution in [3.05, 3.63) is 28.8 Å². The zero-order chi connectivity index (χ0) is 22.1. The summed E-state index contributed by atoms with van der Waals surface area (Å²) in [5.74, 6) is -1.04. The fraction of sp³-hybridized carbons (Fsp3) is 0.632. The Morgan fingerprint density at radius 3 is 2.37 bits per heavy atom. The molecule has 0 spiro atoms. The van der Waals surface area contributed by atoms with E-state index < -0.39 is 41.0 Å². The first kappa shape index (κ1) is 23.2. The van der Waals surface area contributed by atoms with Crippen LogP contribution in [0.3, 0.4) is 0 Å². The van der Waals surface area contributed by atoms with Crippen molar-refractivity contribution in [2.24, 2.45) is 0 Å². The van der Waals surface area contributed by atoms with Crippen LogP contribution in [0.2, 0.25) is 0 Å². The minimum atomic E-state index is -5.12. The highest BCUT2D eigenvalue weighted by molar-refractivity contribution is 7.98. The van der Waals surface area contributed by atoms with E-state index >= 15 is 0 Å². The van der Waals surface area contributed by atoms with Crippen LogP contribution in [0.15, 0.2) is 17.0 Å². The minimum absolute atomic E-state index is 0.00393. The number of likely N-dealkylation sites (tertiary alicyclic amines) is 1. The maximum atomic E-state index is 13.6. The lowest BCUT2D eigenvalue weighted by Gasteiger charge is -2.38. The summed E-state index contributed by atoms with van der Waals surface area (Å²) in [7, 11) is 0. The maximum absolute atomic E-state index is 13.6. The van der Waals surface area contributed by atoms with Crippen molar-refractivity contribution in [3.63, 3.8) is 0 Å². The van der Waals surface area contributed by atoms with Gasteiger partial charge in [0.25, 0.3) is 5.91 Å². The van der Waals surface area contributed by atoms with E-state index in [1.165, 1.54) is 6.26 Å². The summed E-state index contributed by atoms with van der Waals surface area (Å²) in [5, 5.41) is 2.61. The molecule has 1 amide bonds. The van der Waals surface area contributed by atoms with Gasteiger partial charge >= 0.3 is 12.4 Å². The molecule has 0 bridgehead atoms. The fourth-order valence-electron chi connectivity index (χ4n) is 4.01. The fourth-order valence-corrected chi connectivity index (χ4v) is 4.66. The number of carbonyl (C=O) groups excluding carboxylic acids is 1. The quantitative estimate of drug-likeness (QED) is 0.538. The summed E-state index contributed by atoms with van der Waals surface area (Å²) >= 11 is 0.670. The average molecular weight is 456 g/mol. The molecular formula is C19H22F6N2O2S.